The molecule has 0 radical (unpaired) electrons. The molecule has 1 aliphatic rings. The van der Waals surface area contributed by atoms with Crippen LogP contribution in [0.2, 0.25) is 0 Å². The van der Waals surface area contributed by atoms with Crippen LogP contribution in [0.5, 0.6) is 5.75 Å². The molecule has 0 unspecified atom stereocenters. The maximum absolute atomic E-state index is 12.9. The van der Waals surface area contributed by atoms with Crippen LogP contribution in [0.25, 0.3) is 10.9 Å². The van der Waals surface area contributed by atoms with Crippen molar-refractivity contribution in [1.29, 1.82) is 0 Å². The van der Waals surface area contributed by atoms with Crippen LogP contribution in [0.4, 0.5) is 0 Å². The van der Waals surface area contributed by atoms with Crippen molar-refractivity contribution in [3.05, 3.63) is 59.8 Å². The standard InChI is InChI=1S/C20H20N2O2/c1-24-16-10-11-17-18(12-16)22(13-14-6-5-7-14)21-19(17)20(23)15-8-3-2-4-9-15/h2-4,8-12,14H,5-7,13H2,1H3. The molecule has 1 aliphatic carbocycles. The molecule has 4 rings (SSSR count). The Morgan fingerprint density at radius 2 is 2.00 bits per heavy atom. The molecule has 122 valence electrons. The highest BCUT2D eigenvalue weighted by molar-refractivity contribution is 6.14. The molecule has 3 aromatic rings. The fraction of sp³-hybridized carbons (Fsp3) is 0.300. The number of methoxy groups -OCH3 is 1. The molecule has 0 N–H and O–H groups in total. The first-order valence-electron chi connectivity index (χ1n) is 8.40. The molecule has 1 heterocycles. The summed E-state index contributed by atoms with van der Waals surface area (Å²) in [5.74, 6) is 1.42. The lowest BCUT2D eigenvalue weighted by molar-refractivity contribution is 0.103. The van der Waals surface area contributed by atoms with E-state index in [4.69, 9.17) is 4.74 Å². The Morgan fingerprint density at radius 3 is 2.67 bits per heavy atom. The predicted octanol–water partition coefficient (Wildman–Crippen LogP) is 4.08. The molecule has 1 fully saturated rings. The number of fused-ring (bicyclic) bond motifs is 1. The minimum absolute atomic E-state index is 0.0295. The first kappa shape index (κ1) is 14.9. The number of ketones is 1. The second-order valence-electron chi connectivity index (χ2n) is 6.41. The summed E-state index contributed by atoms with van der Waals surface area (Å²) < 4.78 is 7.33. The maximum Gasteiger partial charge on any atom is 0.213 e. The Kier molecular flexibility index (Phi) is 3.81. The van der Waals surface area contributed by atoms with Crippen LogP contribution in [-0.2, 0) is 6.54 Å². The second kappa shape index (κ2) is 6.11. The van der Waals surface area contributed by atoms with Crippen molar-refractivity contribution < 1.29 is 9.53 Å². The van der Waals surface area contributed by atoms with Gasteiger partial charge in [-0.1, -0.05) is 36.8 Å². The lowest BCUT2D eigenvalue weighted by atomic mass is 9.85. The number of rotatable bonds is 5. The van der Waals surface area contributed by atoms with Gasteiger partial charge in [-0.2, -0.15) is 5.10 Å². The number of carbonyl (C=O) groups excluding carboxylic acids is 1. The summed E-state index contributed by atoms with van der Waals surface area (Å²) in [6.45, 7) is 0.867. The van der Waals surface area contributed by atoms with Crippen LogP contribution in [0.1, 0.15) is 35.3 Å². The average Bonchev–Trinajstić information content (AvgIpc) is 2.96. The van der Waals surface area contributed by atoms with E-state index >= 15 is 0 Å². The van der Waals surface area contributed by atoms with Crippen molar-refractivity contribution in [3.8, 4) is 5.75 Å². The van der Waals surface area contributed by atoms with Gasteiger partial charge in [-0.05, 0) is 30.9 Å². The quantitative estimate of drug-likeness (QED) is 0.665. The predicted molar refractivity (Wildman–Crippen MR) is 93.5 cm³/mol. The van der Waals surface area contributed by atoms with Gasteiger partial charge in [0.2, 0.25) is 5.78 Å². The molecule has 2 aromatic carbocycles. The number of carbonyl (C=O) groups is 1. The summed E-state index contributed by atoms with van der Waals surface area (Å²) in [4.78, 5) is 12.9. The van der Waals surface area contributed by atoms with Gasteiger partial charge in [-0.3, -0.25) is 9.48 Å². The van der Waals surface area contributed by atoms with Gasteiger partial charge in [0.1, 0.15) is 11.4 Å². The van der Waals surface area contributed by atoms with Crippen molar-refractivity contribution in [3.63, 3.8) is 0 Å². The third kappa shape index (κ3) is 2.58. The minimum atomic E-state index is -0.0295. The molecule has 0 spiro atoms. The summed E-state index contributed by atoms with van der Waals surface area (Å²) in [5.41, 5.74) is 2.17. The molecule has 0 aliphatic heterocycles. The third-order valence-electron chi connectivity index (χ3n) is 4.87. The van der Waals surface area contributed by atoms with E-state index in [0.29, 0.717) is 17.2 Å². The molecule has 0 bridgehead atoms. The second-order valence-corrected chi connectivity index (χ2v) is 6.41. The van der Waals surface area contributed by atoms with Crippen LogP contribution in [0, 0.1) is 5.92 Å². The number of hydrogen-bond donors (Lipinski definition) is 0. The van der Waals surface area contributed by atoms with Crippen molar-refractivity contribution in [2.75, 3.05) is 7.11 Å². The molecular weight excluding hydrogens is 300 g/mol. The van der Waals surface area contributed by atoms with Crippen LogP contribution in [0.15, 0.2) is 48.5 Å². The SMILES string of the molecule is COc1ccc2c(C(=O)c3ccccc3)nn(CC3CCC3)c2c1. The number of benzene rings is 2. The number of hydrogen-bond acceptors (Lipinski definition) is 3. The summed E-state index contributed by atoms with van der Waals surface area (Å²) in [5, 5.41) is 5.57. The Morgan fingerprint density at radius 1 is 1.21 bits per heavy atom. The molecular formula is C20H20N2O2. The van der Waals surface area contributed by atoms with E-state index in [0.717, 1.165) is 23.2 Å². The Labute approximate surface area is 141 Å². The summed E-state index contributed by atoms with van der Waals surface area (Å²) in [6.07, 6.45) is 3.78. The number of ether oxygens (including phenoxy) is 1. The molecule has 0 atom stereocenters. The Bertz CT molecular complexity index is 879. The maximum atomic E-state index is 12.9. The van der Waals surface area contributed by atoms with Gasteiger partial charge in [-0.25, -0.2) is 0 Å². The molecule has 0 saturated heterocycles. The highest BCUT2D eigenvalue weighted by atomic mass is 16.5. The van der Waals surface area contributed by atoms with Crippen LogP contribution >= 0.6 is 0 Å². The fourth-order valence-electron chi connectivity index (χ4n) is 3.23. The van der Waals surface area contributed by atoms with E-state index in [1.165, 1.54) is 19.3 Å². The molecule has 4 heteroatoms. The van der Waals surface area contributed by atoms with Crippen LogP contribution in [0.3, 0.4) is 0 Å². The highest BCUT2D eigenvalue weighted by Crippen LogP contribution is 2.31. The van der Waals surface area contributed by atoms with E-state index < -0.39 is 0 Å². The minimum Gasteiger partial charge on any atom is -0.497 e. The van der Waals surface area contributed by atoms with Crippen LogP contribution in [-0.4, -0.2) is 22.7 Å². The zero-order valence-corrected chi connectivity index (χ0v) is 13.7. The average molecular weight is 320 g/mol. The Balaban J connectivity index is 1.81. The van der Waals surface area contributed by atoms with Crippen molar-refractivity contribution in [2.45, 2.75) is 25.8 Å². The topological polar surface area (TPSA) is 44.1 Å². The van der Waals surface area contributed by atoms with Gasteiger partial charge in [0, 0.05) is 23.6 Å². The first-order chi connectivity index (χ1) is 11.8. The van der Waals surface area contributed by atoms with E-state index in [-0.39, 0.29) is 5.78 Å². The smallest absolute Gasteiger partial charge is 0.213 e. The van der Waals surface area contributed by atoms with E-state index in [2.05, 4.69) is 5.10 Å². The number of nitrogens with zero attached hydrogens (tertiary/aromatic N) is 2. The van der Waals surface area contributed by atoms with Gasteiger partial charge in [0.25, 0.3) is 0 Å². The van der Waals surface area contributed by atoms with Gasteiger partial charge >= 0.3 is 0 Å². The van der Waals surface area contributed by atoms with Gasteiger partial charge < -0.3 is 4.74 Å². The van der Waals surface area contributed by atoms with Crippen LogP contribution < -0.4 is 4.74 Å². The van der Waals surface area contributed by atoms with Crippen molar-refractivity contribution >= 4 is 16.7 Å². The molecule has 0 amide bonds. The van der Waals surface area contributed by atoms with Gasteiger partial charge in [0.15, 0.2) is 0 Å². The molecule has 1 aromatic heterocycles. The monoisotopic (exact) mass is 320 g/mol. The van der Waals surface area contributed by atoms with Gasteiger partial charge in [0.05, 0.1) is 12.6 Å². The van der Waals surface area contributed by atoms with E-state index in [1.807, 2.05) is 53.2 Å². The third-order valence-corrected chi connectivity index (χ3v) is 4.87. The summed E-state index contributed by atoms with van der Waals surface area (Å²) in [6, 6.07) is 15.1. The zero-order chi connectivity index (χ0) is 16.5. The molecule has 24 heavy (non-hydrogen) atoms. The number of aromatic nitrogens is 2. The molecule has 4 nitrogen and oxygen atoms in total. The summed E-state index contributed by atoms with van der Waals surface area (Å²) >= 11 is 0. The lowest BCUT2D eigenvalue weighted by Gasteiger charge is -2.25. The van der Waals surface area contributed by atoms with Crippen molar-refractivity contribution in [1.82, 2.24) is 9.78 Å². The summed E-state index contributed by atoms with van der Waals surface area (Å²) in [7, 11) is 1.66. The zero-order valence-electron chi connectivity index (χ0n) is 13.7. The van der Waals surface area contributed by atoms with Crippen molar-refractivity contribution in [2.24, 2.45) is 5.92 Å². The normalized spacial score (nSPS) is 14.5. The highest BCUT2D eigenvalue weighted by Gasteiger charge is 2.23. The molecule has 1 saturated carbocycles. The van der Waals surface area contributed by atoms with E-state index in [9.17, 15) is 4.79 Å². The lowest BCUT2D eigenvalue weighted by Crippen LogP contribution is -2.19. The fourth-order valence-corrected chi connectivity index (χ4v) is 3.23. The largest absolute Gasteiger partial charge is 0.497 e. The van der Waals surface area contributed by atoms with Gasteiger partial charge in [-0.15, -0.1) is 0 Å². The van der Waals surface area contributed by atoms with E-state index in [1.54, 1.807) is 7.11 Å². The first-order valence-corrected chi connectivity index (χ1v) is 8.40. The Hall–Kier alpha value is -2.62.